The highest BCUT2D eigenvalue weighted by atomic mass is 32.2. The SMILES string of the molecule is O=C1CN(S(=O)(=O)c2ccc(C(=O)NCCc3ccccc3)cc2)CCN1. The van der Waals surface area contributed by atoms with Crippen molar-refractivity contribution in [2.24, 2.45) is 0 Å². The molecule has 27 heavy (non-hydrogen) atoms. The van der Waals surface area contributed by atoms with Crippen molar-refractivity contribution in [2.75, 3.05) is 26.2 Å². The number of carbonyl (C=O) groups is 2. The summed E-state index contributed by atoms with van der Waals surface area (Å²) < 4.78 is 26.3. The molecule has 1 saturated heterocycles. The number of sulfonamides is 1. The van der Waals surface area contributed by atoms with Crippen molar-refractivity contribution in [3.63, 3.8) is 0 Å². The maximum Gasteiger partial charge on any atom is 0.251 e. The third-order valence-corrected chi connectivity index (χ3v) is 6.16. The predicted molar refractivity (Wildman–Crippen MR) is 101 cm³/mol. The Hall–Kier alpha value is -2.71. The summed E-state index contributed by atoms with van der Waals surface area (Å²) in [4.78, 5) is 23.7. The highest BCUT2D eigenvalue weighted by molar-refractivity contribution is 7.89. The van der Waals surface area contributed by atoms with Crippen molar-refractivity contribution < 1.29 is 18.0 Å². The minimum atomic E-state index is -3.75. The molecule has 0 saturated carbocycles. The second-order valence-electron chi connectivity index (χ2n) is 6.20. The summed E-state index contributed by atoms with van der Waals surface area (Å²) >= 11 is 0. The standard InChI is InChI=1S/C19H21N3O4S/c23-18-14-22(13-12-20-18)27(25,26)17-8-6-16(7-9-17)19(24)21-11-10-15-4-2-1-3-5-15/h1-9H,10-14H2,(H,20,23)(H,21,24). The quantitative estimate of drug-likeness (QED) is 0.766. The van der Waals surface area contributed by atoms with Crippen LogP contribution in [0.5, 0.6) is 0 Å². The van der Waals surface area contributed by atoms with Gasteiger partial charge in [-0.25, -0.2) is 8.42 Å². The van der Waals surface area contributed by atoms with E-state index in [1.165, 1.54) is 24.3 Å². The van der Waals surface area contributed by atoms with E-state index in [9.17, 15) is 18.0 Å². The smallest absolute Gasteiger partial charge is 0.251 e. The van der Waals surface area contributed by atoms with Crippen molar-refractivity contribution >= 4 is 21.8 Å². The van der Waals surface area contributed by atoms with Crippen LogP contribution in [0.1, 0.15) is 15.9 Å². The van der Waals surface area contributed by atoms with Crippen LogP contribution in [0.3, 0.4) is 0 Å². The molecule has 2 N–H and O–H groups in total. The first-order valence-electron chi connectivity index (χ1n) is 8.66. The van der Waals surface area contributed by atoms with Gasteiger partial charge in [0, 0.05) is 25.2 Å². The summed E-state index contributed by atoms with van der Waals surface area (Å²) in [6.07, 6.45) is 0.718. The molecule has 1 heterocycles. The molecule has 0 unspecified atom stereocenters. The lowest BCUT2D eigenvalue weighted by Crippen LogP contribution is -2.49. The number of benzene rings is 2. The van der Waals surface area contributed by atoms with Crippen LogP contribution in [-0.4, -0.2) is 50.7 Å². The summed E-state index contributed by atoms with van der Waals surface area (Å²) in [7, 11) is -3.75. The fourth-order valence-electron chi connectivity index (χ4n) is 2.81. The van der Waals surface area contributed by atoms with Crippen molar-refractivity contribution in [3.8, 4) is 0 Å². The Morgan fingerprint density at radius 2 is 1.78 bits per heavy atom. The molecule has 0 spiro atoms. The molecule has 1 aliphatic heterocycles. The van der Waals surface area contributed by atoms with Gasteiger partial charge < -0.3 is 10.6 Å². The fraction of sp³-hybridized carbons (Fsp3) is 0.263. The Morgan fingerprint density at radius 1 is 1.07 bits per heavy atom. The largest absolute Gasteiger partial charge is 0.354 e. The average molecular weight is 387 g/mol. The van der Waals surface area contributed by atoms with Crippen molar-refractivity contribution in [2.45, 2.75) is 11.3 Å². The van der Waals surface area contributed by atoms with Crippen LogP contribution in [0.2, 0.25) is 0 Å². The number of nitrogens with one attached hydrogen (secondary N) is 2. The van der Waals surface area contributed by atoms with E-state index in [1.54, 1.807) is 0 Å². The number of piperazine rings is 1. The van der Waals surface area contributed by atoms with E-state index in [0.29, 0.717) is 18.7 Å². The maximum absolute atomic E-state index is 12.6. The molecule has 0 atom stereocenters. The van der Waals surface area contributed by atoms with Gasteiger partial charge in [-0.3, -0.25) is 9.59 Å². The summed E-state index contributed by atoms with van der Waals surface area (Å²) in [5, 5.41) is 5.42. The molecule has 1 fully saturated rings. The van der Waals surface area contributed by atoms with E-state index in [0.717, 1.165) is 16.3 Å². The van der Waals surface area contributed by atoms with Gasteiger partial charge >= 0.3 is 0 Å². The molecular weight excluding hydrogens is 366 g/mol. The van der Waals surface area contributed by atoms with Crippen molar-refractivity contribution in [1.29, 1.82) is 0 Å². The Kier molecular flexibility index (Phi) is 5.88. The topological polar surface area (TPSA) is 95.6 Å². The first-order chi connectivity index (χ1) is 13.0. The molecule has 0 bridgehead atoms. The molecule has 3 rings (SSSR count). The first kappa shape index (κ1) is 19.1. The first-order valence-corrected chi connectivity index (χ1v) is 10.1. The summed E-state index contributed by atoms with van der Waals surface area (Å²) in [6, 6.07) is 15.6. The van der Waals surface area contributed by atoms with Gasteiger partial charge in [0.15, 0.2) is 0 Å². The molecular formula is C19H21N3O4S. The minimum Gasteiger partial charge on any atom is -0.354 e. The molecule has 2 aromatic carbocycles. The number of amides is 2. The van der Waals surface area contributed by atoms with Crippen LogP contribution < -0.4 is 10.6 Å². The summed E-state index contributed by atoms with van der Waals surface area (Å²) in [5.41, 5.74) is 1.52. The minimum absolute atomic E-state index is 0.0676. The van der Waals surface area contributed by atoms with Crippen LogP contribution in [0.15, 0.2) is 59.5 Å². The highest BCUT2D eigenvalue weighted by Crippen LogP contribution is 2.17. The molecule has 2 aromatic rings. The molecule has 142 valence electrons. The van der Waals surface area contributed by atoms with Crippen molar-refractivity contribution in [1.82, 2.24) is 14.9 Å². The van der Waals surface area contributed by atoms with Gasteiger partial charge in [-0.2, -0.15) is 4.31 Å². The Labute approximate surface area is 158 Å². The molecule has 0 aromatic heterocycles. The Balaban J connectivity index is 1.60. The van der Waals surface area contributed by atoms with Crippen LogP contribution in [-0.2, 0) is 21.2 Å². The van der Waals surface area contributed by atoms with Crippen LogP contribution in [0, 0.1) is 0 Å². The summed E-state index contributed by atoms with van der Waals surface area (Å²) in [6.45, 7) is 0.825. The second-order valence-corrected chi connectivity index (χ2v) is 8.14. The normalized spacial score (nSPS) is 15.2. The molecule has 1 aliphatic rings. The third kappa shape index (κ3) is 4.72. The molecule has 0 aliphatic carbocycles. The van der Waals surface area contributed by atoms with E-state index < -0.39 is 10.0 Å². The second kappa shape index (κ2) is 8.32. The zero-order valence-electron chi connectivity index (χ0n) is 14.7. The number of hydrogen-bond donors (Lipinski definition) is 2. The van der Waals surface area contributed by atoms with E-state index in [-0.39, 0.29) is 29.8 Å². The van der Waals surface area contributed by atoms with Gasteiger partial charge in [0.1, 0.15) is 0 Å². The lowest BCUT2D eigenvalue weighted by molar-refractivity contribution is -0.122. The molecule has 0 radical (unpaired) electrons. The predicted octanol–water partition coefficient (Wildman–Crippen LogP) is 0.780. The monoisotopic (exact) mass is 387 g/mol. The number of hydrogen-bond acceptors (Lipinski definition) is 4. The number of carbonyl (C=O) groups excluding carboxylic acids is 2. The van der Waals surface area contributed by atoms with Gasteiger partial charge in [0.2, 0.25) is 15.9 Å². The zero-order chi connectivity index (χ0) is 19.3. The van der Waals surface area contributed by atoms with Gasteiger partial charge in [0.05, 0.1) is 11.4 Å². The zero-order valence-corrected chi connectivity index (χ0v) is 15.5. The molecule has 7 nitrogen and oxygen atoms in total. The van der Waals surface area contributed by atoms with Gasteiger partial charge in [-0.1, -0.05) is 30.3 Å². The highest BCUT2D eigenvalue weighted by Gasteiger charge is 2.29. The lowest BCUT2D eigenvalue weighted by Gasteiger charge is -2.25. The summed E-state index contributed by atoms with van der Waals surface area (Å²) in [5.74, 6) is -0.577. The number of nitrogens with zero attached hydrogens (tertiary/aromatic N) is 1. The van der Waals surface area contributed by atoms with Crippen LogP contribution in [0.25, 0.3) is 0 Å². The van der Waals surface area contributed by atoms with E-state index in [1.807, 2.05) is 30.3 Å². The van der Waals surface area contributed by atoms with Crippen LogP contribution >= 0.6 is 0 Å². The third-order valence-electron chi connectivity index (χ3n) is 4.30. The lowest BCUT2D eigenvalue weighted by atomic mass is 10.1. The van der Waals surface area contributed by atoms with E-state index in [4.69, 9.17) is 0 Å². The maximum atomic E-state index is 12.6. The van der Waals surface area contributed by atoms with E-state index in [2.05, 4.69) is 10.6 Å². The van der Waals surface area contributed by atoms with Crippen LogP contribution in [0.4, 0.5) is 0 Å². The number of rotatable bonds is 6. The van der Waals surface area contributed by atoms with Gasteiger partial charge in [-0.15, -0.1) is 0 Å². The van der Waals surface area contributed by atoms with Crippen molar-refractivity contribution in [3.05, 3.63) is 65.7 Å². The molecule has 8 heteroatoms. The Morgan fingerprint density at radius 3 is 2.44 bits per heavy atom. The average Bonchev–Trinajstić information content (AvgIpc) is 2.69. The van der Waals surface area contributed by atoms with Gasteiger partial charge in [-0.05, 0) is 36.2 Å². The Bertz CT molecular complexity index is 912. The van der Waals surface area contributed by atoms with Gasteiger partial charge in [0.25, 0.3) is 5.91 Å². The fourth-order valence-corrected chi connectivity index (χ4v) is 4.21. The van der Waals surface area contributed by atoms with E-state index >= 15 is 0 Å². The molecule has 2 amide bonds.